The number of nitrogens with zero attached hydrogens (tertiary/aromatic N) is 4. The summed E-state index contributed by atoms with van der Waals surface area (Å²) in [6.45, 7) is 3.11. The molecule has 0 bridgehead atoms. The Morgan fingerprint density at radius 3 is 2.70 bits per heavy atom. The van der Waals surface area contributed by atoms with Crippen LogP contribution in [0.2, 0.25) is 5.15 Å². The highest BCUT2D eigenvalue weighted by Gasteiger charge is 2.42. The van der Waals surface area contributed by atoms with Gasteiger partial charge in [-0.3, -0.25) is 9.88 Å². The number of hydrogen-bond acceptors (Lipinski definition) is 7. The van der Waals surface area contributed by atoms with Crippen LogP contribution >= 0.6 is 11.6 Å². The SMILES string of the molecule is O=C(OC(=O)C(F)(F)F)c1ccc2c(c1)CC[C@@H]1CN(Cc3cccnc3-c3ccc(Cl)nc3)CCN21. The lowest BCUT2D eigenvalue weighted by molar-refractivity contribution is -0.193. The Morgan fingerprint density at radius 2 is 1.95 bits per heavy atom. The topological polar surface area (TPSA) is 75.6 Å². The van der Waals surface area contributed by atoms with Crippen LogP contribution in [0.25, 0.3) is 11.3 Å². The largest absolute Gasteiger partial charge is 0.491 e. The predicted octanol–water partition coefficient (Wildman–Crippen LogP) is 4.68. The third-order valence-corrected chi connectivity index (χ3v) is 6.86. The van der Waals surface area contributed by atoms with E-state index in [1.807, 2.05) is 12.1 Å². The fourth-order valence-electron chi connectivity index (χ4n) is 4.93. The van der Waals surface area contributed by atoms with Gasteiger partial charge in [-0.1, -0.05) is 17.7 Å². The Hall–Kier alpha value is -3.50. The van der Waals surface area contributed by atoms with Crippen molar-refractivity contribution in [1.29, 1.82) is 0 Å². The van der Waals surface area contributed by atoms with Gasteiger partial charge >= 0.3 is 18.1 Å². The average molecular weight is 531 g/mol. The first kappa shape index (κ1) is 25.2. The number of carbonyl (C=O) groups is 2. The molecule has 192 valence electrons. The minimum atomic E-state index is -5.22. The summed E-state index contributed by atoms with van der Waals surface area (Å²) in [5.74, 6) is -3.82. The number of hydrogen-bond donors (Lipinski definition) is 0. The van der Waals surface area contributed by atoms with E-state index in [-0.39, 0.29) is 11.6 Å². The van der Waals surface area contributed by atoms with Crippen molar-refractivity contribution in [3.05, 3.63) is 76.7 Å². The number of aryl methyl sites for hydroxylation is 1. The van der Waals surface area contributed by atoms with Crippen LogP contribution in [0.15, 0.2) is 54.9 Å². The molecule has 2 aromatic heterocycles. The Bertz CT molecular complexity index is 1330. The molecule has 0 unspecified atom stereocenters. The van der Waals surface area contributed by atoms with Crippen LogP contribution in [0.3, 0.4) is 0 Å². The Labute approximate surface area is 215 Å². The number of benzene rings is 1. The van der Waals surface area contributed by atoms with Crippen molar-refractivity contribution in [2.75, 3.05) is 24.5 Å². The third kappa shape index (κ3) is 5.45. The second-order valence-corrected chi connectivity index (χ2v) is 9.41. The molecule has 0 spiro atoms. The maximum atomic E-state index is 12.4. The highest BCUT2D eigenvalue weighted by molar-refractivity contribution is 6.29. The Morgan fingerprint density at radius 1 is 1.11 bits per heavy atom. The van der Waals surface area contributed by atoms with Gasteiger partial charge in [-0.25, -0.2) is 14.6 Å². The Kier molecular flexibility index (Phi) is 6.87. The van der Waals surface area contributed by atoms with Crippen LogP contribution in [0.1, 0.15) is 27.9 Å². The van der Waals surface area contributed by atoms with Gasteiger partial charge in [0.2, 0.25) is 0 Å². The number of esters is 2. The average Bonchev–Trinajstić information content (AvgIpc) is 2.88. The number of anilines is 1. The summed E-state index contributed by atoms with van der Waals surface area (Å²) in [6.07, 6.45) is -0.267. The van der Waals surface area contributed by atoms with Gasteiger partial charge in [0.1, 0.15) is 5.15 Å². The highest BCUT2D eigenvalue weighted by Crippen LogP contribution is 2.34. The van der Waals surface area contributed by atoms with Gasteiger partial charge < -0.3 is 9.64 Å². The van der Waals surface area contributed by atoms with Crippen LogP contribution in [0.5, 0.6) is 0 Å². The molecule has 1 saturated heterocycles. The van der Waals surface area contributed by atoms with E-state index in [9.17, 15) is 22.8 Å². The molecule has 37 heavy (non-hydrogen) atoms. The molecule has 3 aromatic rings. The first-order chi connectivity index (χ1) is 17.7. The number of aromatic nitrogens is 2. The zero-order valence-corrected chi connectivity index (χ0v) is 20.3. The van der Waals surface area contributed by atoms with Crippen molar-refractivity contribution in [2.45, 2.75) is 31.6 Å². The zero-order chi connectivity index (χ0) is 26.2. The predicted molar refractivity (Wildman–Crippen MR) is 130 cm³/mol. The van der Waals surface area contributed by atoms with Crippen molar-refractivity contribution >= 4 is 29.2 Å². The maximum Gasteiger partial charge on any atom is 0.491 e. The molecule has 7 nitrogen and oxygen atoms in total. The number of rotatable bonds is 4. The lowest BCUT2D eigenvalue weighted by atomic mass is 9.92. The number of carbonyl (C=O) groups excluding carboxylic acids is 2. The van der Waals surface area contributed by atoms with E-state index in [0.29, 0.717) is 11.6 Å². The molecule has 11 heteroatoms. The molecule has 0 amide bonds. The first-order valence-corrected chi connectivity index (χ1v) is 12.1. The molecule has 0 aliphatic carbocycles. The highest BCUT2D eigenvalue weighted by atomic mass is 35.5. The second kappa shape index (κ2) is 10.1. The number of piperazine rings is 1. The van der Waals surface area contributed by atoms with Crippen LogP contribution in [-0.2, 0) is 22.5 Å². The summed E-state index contributed by atoms with van der Waals surface area (Å²) in [5.41, 5.74) is 4.58. The van der Waals surface area contributed by atoms with Crippen LogP contribution in [-0.4, -0.2) is 58.7 Å². The van der Waals surface area contributed by atoms with E-state index in [1.54, 1.807) is 24.5 Å². The summed E-state index contributed by atoms with van der Waals surface area (Å²) in [5, 5.41) is 0.425. The fourth-order valence-corrected chi connectivity index (χ4v) is 5.04. The van der Waals surface area contributed by atoms with Gasteiger partial charge in [0.25, 0.3) is 0 Å². The summed E-state index contributed by atoms with van der Waals surface area (Å²) < 4.78 is 41.3. The van der Waals surface area contributed by atoms with Crippen LogP contribution in [0.4, 0.5) is 18.9 Å². The van der Waals surface area contributed by atoms with Gasteiger partial charge in [-0.15, -0.1) is 0 Å². The maximum absolute atomic E-state index is 12.4. The summed E-state index contributed by atoms with van der Waals surface area (Å²) in [7, 11) is 0. The first-order valence-electron chi connectivity index (χ1n) is 11.7. The normalized spacial score (nSPS) is 17.6. The van der Waals surface area contributed by atoms with Gasteiger partial charge in [-0.2, -0.15) is 13.2 Å². The minimum absolute atomic E-state index is 0.0748. The molecule has 4 heterocycles. The molecule has 1 fully saturated rings. The van der Waals surface area contributed by atoms with E-state index < -0.39 is 18.1 Å². The van der Waals surface area contributed by atoms with Crippen molar-refractivity contribution in [1.82, 2.24) is 14.9 Å². The van der Waals surface area contributed by atoms with Gasteiger partial charge in [-0.05, 0) is 60.4 Å². The second-order valence-electron chi connectivity index (χ2n) is 9.02. The molecular weight excluding hydrogens is 509 g/mol. The summed E-state index contributed by atoms with van der Waals surface area (Å²) in [6, 6.07) is 12.5. The van der Waals surface area contributed by atoms with Crippen molar-refractivity contribution < 1.29 is 27.5 Å². The lowest BCUT2D eigenvalue weighted by Gasteiger charge is -2.46. The third-order valence-electron chi connectivity index (χ3n) is 6.64. The molecule has 5 rings (SSSR count). The molecule has 0 N–H and O–H groups in total. The Balaban J connectivity index is 1.27. The summed E-state index contributed by atoms with van der Waals surface area (Å²) in [4.78, 5) is 36.5. The monoisotopic (exact) mass is 530 g/mol. The number of alkyl halides is 3. The van der Waals surface area contributed by atoms with E-state index in [0.717, 1.165) is 60.7 Å². The van der Waals surface area contributed by atoms with Crippen molar-refractivity contribution in [2.24, 2.45) is 0 Å². The van der Waals surface area contributed by atoms with Crippen LogP contribution < -0.4 is 4.90 Å². The molecule has 2 aliphatic heterocycles. The van der Waals surface area contributed by atoms with Crippen LogP contribution in [0, 0.1) is 0 Å². The number of ether oxygens (including phenoxy) is 1. The molecular formula is C26H22ClF3N4O3. The van der Waals surface area contributed by atoms with Gasteiger partial charge in [0.05, 0.1) is 11.3 Å². The quantitative estimate of drug-likeness (QED) is 0.275. The van der Waals surface area contributed by atoms with Crippen molar-refractivity contribution in [3.8, 4) is 11.3 Å². The summed E-state index contributed by atoms with van der Waals surface area (Å²) >= 11 is 5.93. The lowest BCUT2D eigenvalue weighted by Crippen LogP contribution is -2.54. The molecule has 0 saturated carbocycles. The van der Waals surface area contributed by atoms with E-state index >= 15 is 0 Å². The van der Waals surface area contributed by atoms with Gasteiger partial charge in [0, 0.05) is 55.9 Å². The number of halogens is 4. The number of fused-ring (bicyclic) bond motifs is 3. The van der Waals surface area contributed by atoms with E-state index in [2.05, 4.69) is 30.6 Å². The molecule has 0 radical (unpaired) electrons. The van der Waals surface area contributed by atoms with E-state index in [1.165, 1.54) is 12.1 Å². The molecule has 2 aliphatic rings. The molecule has 1 atom stereocenters. The molecule has 1 aromatic carbocycles. The number of pyridine rings is 2. The smallest absolute Gasteiger partial charge is 0.383 e. The van der Waals surface area contributed by atoms with Crippen molar-refractivity contribution in [3.63, 3.8) is 0 Å². The fraction of sp³-hybridized carbons (Fsp3) is 0.308. The minimum Gasteiger partial charge on any atom is -0.383 e. The zero-order valence-electron chi connectivity index (χ0n) is 19.5. The van der Waals surface area contributed by atoms with Gasteiger partial charge in [0.15, 0.2) is 0 Å². The van der Waals surface area contributed by atoms with E-state index in [4.69, 9.17) is 11.6 Å². The standard InChI is InChI=1S/C26H22ClF3N4O3/c27-22-8-5-18(13-32-22)23-19(2-1-9-31-23)14-33-10-11-34-20(15-33)6-3-16-12-17(4-7-21(16)34)24(35)37-25(36)26(28,29)30/h1-2,4-5,7-9,12-13,20H,3,6,10-11,14-15H2/t20-/m1/s1.